The van der Waals surface area contributed by atoms with E-state index in [2.05, 4.69) is 26.2 Å². The molecule has 2 aromatic carbocycles. The predicted molar refractivity (Wildman–Crippen MR) is 139 cm³/mol. The molecule has 1 saturated carbocycles. The number of alkyl halides is 1. The average Bonchev–Trinajstić information content (AvgIpc) is 3.60. The summed E-state index contributed by atoms with van der Waals surface area (Å²) in [4.78, 5) is 31.2. The number of aliphatic carboxylic acids is 1. The van der Waals surface area contributed by atoms with Crippen molar-refractivity contribution in [1.82, 2.24) is 9.88 Å². The van der Waals surface area contributed by atoms with Gasteiger partial charge < -0.3 is 19.6 Å². The minimum absolute atomic E-state index is 0.385. The number of carbonyl (C=O) groups excluding carboxylic acids is 1. The van der Waals surface area contributed by atoms with Gasteiger partial charge >= 0.3 is 11.9 Å². The fraction of sp³-hybridized carbons (Fsp3) is 0.444. The van der Waals surface area contributed by atoms with Crippen molar-refractivity contribution in [2.45, 2.75) is 56.6 Å². The number of aromatic nitrogens is 1. The van der Waals surface area contributed by atoms with Crippen molar-refractivity contribution in [3.05, 3.63) is 58.9 Å². The van der Waals surface area contributed by atoms with Crippen LogP contribution in [0.3, 0.4) is 0 Å². The van der Waals surface area contributed by atoms with Gasteiger partial charge in [-0.1, -0.05) is 18.2 Å². The van der Waals surface area contributed by atoms with Gasteiger partial charge in [0.15, 0.2) is 12.0 Å². The molecule has 2 aliphatic rings. The number of benzene rings is 2. The fourth-order valence-corrected chi connectivity index (χ4v) is 5.60. The van der Waals surface area contributed by atoms with Crippen LogP contribution in [0.4, 0.5) is 10.1 Å². The topological polar surface area (TPSA) is 105 Å². The Bertz CT molecular complexity index is 1270. The number of ether oxygens (including phenoxy) is 1. The molecule has 2 heterocycles. The number of fused-ring (bicyclic) bond motifs is 1. The van der Waals surface area contributed by atoms with Crippen LogP contribution < -0.4 is 5.32 Å². The van der Waals surface area contributed by atoms with Crippen LogP contribution in [0.5, 0.6) is 0 Å². The monoisotopic (exact) mass is 573 g/mol. The van der Waals surface area contributed by atoms with Gasteiger partial charge in [0.05, 0.1) is 12.0 Å². The molecule has 1 aliphatic carbocycles. The number of nitrogens with one attached hydrogen (secondary N) is 1. The van der Waals surface area contributed by atoms with Gasteiger partial charge in [-0.05, 0) is 84.3 Å². The molecule has 1 aliphatic heterocycles. The Kier molecular flexibility index (Phi) is 7.60. The van der Waals surface area contributed by atoms with Gasteiger partial charge in [-0.2, -0.15) is 4.39 Å². The quantitative estimate of drug-likeness (QED) is 0.314. The molecule has 37 heavy (non-hydrogen) atoms. The summed E-state index contributed by atoms with van der Waals surface area (Å²) in [7, 11) is 0. The Morgan fingerprint density at radius 1 is 1.16 bits per heavy atom. The van der Waals surface area contributed by atoms with Crippen LogP contribution in [0.25, 0.3) is 11.1 Å². The van der Waals surface area contributed by atoms with E-state index in [1.54, 1.807) is 24.3 Å². The Balaban J connectivity index is 1.49. The second-order valence-corrected chi connectivity index (χ2v) is 10.5. The van der Waals surface area contributed by atoms with E-state index in [-0.39, 0.29) is 0 Å². The zero-order valence-electron chi connectivity index (χ0n) is 20.2. The number of carboxylic acid groups (broad SMARTS) is 1. The summed E-state index contributed by atoms with van der Waals surface area (Å²) in [6.45, 7) is 0.797. The number of carboxylic acids is 1. The summed E-state index contributed by atoms with van der Waals surface area (Å²) in [6, 6.07) is 11.4. The average molecular weight is 574 g/mol. The van der Waals surface area contributed by atoms with Gasteiger partial charge in [-0.25, -0.2) is 9.88 Å². The third-order valence-electron chi connectivity index (χ3n) is 7.29. The van der Waals surface area contributed by atoms with E-state index in [4.69, 9.17) is 9.15 Å². The number of rotatable bonds is 9. The molecule has 196 valence electrons. The first-order valence-corrected chi connectivity index (χ1v) is 13.4. The molecule has 5 rings (SSSR count). The summed E-state index contributed by atoms with van der Waals surface area (Å²) < 4.78 is 29.3. The second-order valence-electron chi connectivity index (χ2n) is 9.69. The molecule has 1 aromatic heterocycles. The maximum atomic E-state index is 17.1. The van der Waals surface area contributed by atoms with Crippen LogP contribution >= 0.6 is 15.9 Å². The van der Waals surface area contributed by atoms with E-state index >= 15 is 4.39 Å². The molecule has 2 unspecified atom stereocenters. The zero-order valence-corrected chi connectivity index (χ0v) is 21.8. The van der Waals surface area contributed by atoms with E-state index in [1.807, 2.05) is 18.2 Å². The van der Waals surface area contributed by atoms with Crippen LogP contribution in [-0.2, 0) is 14.3 Å². The largest absolute Gasteiger partial charge is 0.481 e. The number of carbonyl (C=O) groups is 2. The van der Waals surface area contributed by atoms with Crippen molar-refractivity contribution in [2.75, 3.05) is 18.4 Å². The molecule has 3 aromatic rings. The van der Waals surface area contributed by atoms with Gasteiger partial charge in [-0.3, -0.25) is 9.59 Å². The molecular weight excluding hydrogens is 545 g/mol. The molecule has 10 heteroatoms. The molecule has 0 radical (unpaired) electrons. The number of para-hydroxylation sites is 1. The SMILES string of the molecule is O=C(O)C1CCC(OC(F)(C(=O)C(Nc2ccccc2Br)c2ccc3ncoc3c2)N2CCCC2)CC1. The normalized spacial score (nSPS) is 23.0. The Hall–Kier alpha value is -2.82. The highest BCUT2D eigenvalue weighted by Crippen LogP contribution is 2.38. The number of anilines is 1. The van der Waals surface area contributed by atoms with Crippen molar-refractivity contribution in [2.24, 2.45) is 5.92 Å². The zero-order chi connectivity index (χ0) is 26.0. The van der Waals surface area contributed by atoms with Crippen molar-refractivity contribution in [1.29, 1.82) is 0 Å². The van der Waals surface area contributed by atoms with E-state index in [0.717, 1.165) is 17.3 Å². The van der Waals surface area contributed by atoms with Crippen LogP contribution in [0, 0.1) is 5.92 Å². The van der Waals surface area contributed by atoms with Gasteiger partial charge in [0.2, 0.25) is 5.78 Å². The third kappa shape index (κ3) is 5.42. The number of hydrogen-bond donors (Lipinski definition) is 2. The highest BCUT2D eigenvalue weighted by Gasteiger charge is 2.52. The summed E-state index contributed by atoms with van der Waals surface area (Å²) in [5.74, 6) is -4.74. The molecule has 0 spiro atoms. The smallest absolute Gasteiger partial charge is 0.332 e. The van der Waals surface area contributed by atoms with Crippen molar-refractivity contribution in [3.63, 3.8) is 0 Å². The second kappa shape index (κ2) is 10.9. The number of halogens is 2. The lowest BCUT2D eigenvalue weighted by molar-refractivity contribution is -0.253. The Morgan fingerprint density at radius 3 is 2.59 bits per heavy atom. The van der Waals surface area contributed by atoms with E-state index in [1.165, 1.54) is 11.3 Å². The molecule has 0 bridgehead atoms. The standard InChI is InChI=1S/C27H29BrFN3O5/c28-20-5-1-2-6-21(20)31-24(18-9-12-22-23(15-18)36-16-30-22)25(33)27(29,32-13-3-4-14-32)37-19-10-7-17(8-11-19)26(34)35/h1-2,5-6,9,12,15-17,19,24,31H,3-4,7-8,10-11,13-14H2,(H,34,35). The van der Waals surface area contributed by atoms with Gasteiger partial charge in [0, 0.05) is 23.2 Å². The molecule has 2 N–H and O–H groups in total. The molecular formula is C27H29BrFN3O5. The van der Waals surface area contributed by atoms with E-state index in [9.17, 15) is 14.7 Å². The summed E-state index contributed by atoms with van der Waals surface area (Å²) in [5.41, 5.74) is 2.27. The number of ketones is 1. The lowest BCUT2D eigenvalue weighted by Crippen LogP contribution is -2.56. The van der Waals surface area contributed by atoms with Crippen molar-refractivity contribution < 1.29 is 28.2 Å². The van der Waals surface area contributed by atoms with Crippen LogP contribution in [0.2, 0.25) is 0 Å². The van der Waals surface area contributed by atoms with E-state index < -0.39 is 35.8 Å². The highest BCUT2D eigenvalue weighted by molar-refractivity contribution is 9.10. The Labute approximate surface area is 222 Å². The predicted octanol–water partition coefficient (Wildman–Crippen LogP) is 5.69. The van der Waals surface area contributed by atoms with Crippen molar-refractivity contribution in [3.8, 4) is 0 Å². The number of oxazole rings is 1. The lowest BCUT2D eigenvalue weighted by atomic mass is 9.87. The van der Waals surface area contributed by atoms with Crippen molar-refractivity contribution >= 4 is 44.5 Å². The number of nitrogens with zero attached hydrogens (tertiary/aromatic N) is 2. The number of likely N-dealkylation sites (tertiary alicyclic amines) is 1. The molecule has 8 nitrogen and oxygen atoms in total. The summed E-state index contributed by atoms with van der Waals surface area (Å²) in [6.07, 6.45) is 3.86. The summed E-state index contributed by atoms with van der Waals surface area (Å²) >= 11 is 3.51. The first-order valence-electron chi connectivity index (χ1n) is 12.6. The maximum Gasteiger partial charge on any atom is 0.332 e. The highest BCUT2D eigenvalue weighted by atomic mass is 79.9. The third-order valence-corrected chi connectivity index (χ3v) is 7.98. The van der Waals surface area contributed by atoms with Gasteiger partial charge in [-0.15, -0.1) is 0 Å². The lowest BCUT2D eigenvalue weighted by Gasteiger charge is -2.39. The minimum atomic E-state index is -2.67. The van der Waals surface area contributed by atoms with Crippen LogP contribution in [0.1, 0.15) is 50.1 Å². The fourth-order valence-electron chi connectivity index (χ4n) is 5.20. The van der Waals surface area contributed by atoms with Gasteiger partial charge in [0.25, 0.3) is 0 Å². The maximum absolute atomic E-state index is 17.1. The molecule has 0 amide bonds. The van der Waals surface area contributed by atoms with E-state index in [0.29, 0.717) is 61.1 Å². The molecule has 2 atom stereocenters. The number of hydrogen-bond acceptors (Lipinski definition) is 7. The Morgan fingerprint density at radius 2 is 1.89 bits per heavy atom. The minimum Gasteiger partial charge on any atom is -0.481 e. The molecule has 2 fully saturated rings. The first kappa shape index (κ1) is 25.8. The molecule has 1 saturated heterocycles. The number of Topliss-reactive ketones (excluding diaryl/α,β-unsaturated/α-hetero) is 1. The van der Waals surface area contributed by atoms with Crippen LogP contribution in [0.15, 0.2) is 57.7 Å². The first-order chi connectivity index (χ1) is 17.8. The van der Waals surface area contributed by atoms with Crippen LogP contribution in [-0.4, -0.2) is 51.9 Å². The van der Waals surface area contributed by atoms with Gasteiger partial charge in [0.1, 0.15) is 11.6 Å². The summed E-state index contributed by atoms with van der Waals surface area (Å²) in [5, 5.41) is 12.6.